The van der Waals surface area contributed by atoms with Crippen molar-refractivity contribution < 1.29 is 24.4 Å². The summed E-state index contributed by atoms with van der Waals surface area (Å²) in [4.78, 5) is 47.2. The maximum absolute atomic E-state index is 12.6. The highest BCUT2D eigenvalue weighted by atomic mass is 32.2. The lowest BCUT2D eigenvalue weighted by Gasteiger charge is -2.23. The highest BCUT2D eigenvalue weighted by Crippen LogP contribution is 2.34. The van der Waals surface area contributed by atoms with Crippen LogP contribution in [0.3, 0.4) is 0 Å². The van der Waals surface area contributed by atoms with Gasteiger partial charge in [-0.25, -0.2) is 0 Å². The van der Waals surface area contributed by atoms with Crippen molar-refractivity contribution in [3.05, 3.63) is 44.8 Å². The average molecular weight is 409 g/mol. The Bertz CT molecular complexity index is 852. The number of nitro groups is 1. The van der Waals surface area contributed by atoms with Crippen LogP contribution in [0.15, 0.2) is 29.2 Å². The SMILES string of the molecule is CC(NC(=O)C(C)N1C(=O)/C(=C/c2ccc([N+](=O)[O-])cc2)SC1=S)C(=O)O. The Morgan fingerprint density at radius 2 is 1.93 bits per heavy atom. The Morgan fingerprint density at radius 1 is 1.33 bits per heavy atom. The summed E-state index contributed by atoms with van der Waals surface area (Å²) in [5, 5.41) is 21.8. The van der Waals surface area contributed by atoms with Crippen LogP contribution in [0.5, 0.6) is 0 Å². The fourth-order valence-electron chi connectivity index (χ4n) is 2.17. The molecule has 2 N–H and O–H groups in total. The predicted molar refractivity (Wildman–Crippen MR) is 103 cm³/mol. The van der Waals surface area contributed by atoms with Gasteiger partial charge in [0.25, 0.3) is 11.6 Å². The molecule has 1 aliphatic rings. The number of nitro benzene ring substituents is 1. The number of rotatable bonds is 6. The fourth-order valence-corrected chi connectivity index (χ4v) is 3.59. The van der Waals surface area contributed by atoms with Crippen molar-refractivity contribution in [1.29, 1.82) is 0 Å². The van der Waals surface area contributed by atoms with Gasteiger partial charge in [-0.3, -0.25) is 29.4 Å². The lowest BCUT2D eigenvalue weighted by Crippen LogP contribution is -2.50. The van der Waals surface area contributed by atoms with Gasteiger partial charge in [-0.05, 0) is 37.6 Å². The summed E-state index contributed by atoms with van der Waals surface area (Å²) in [5.41, 5.74) is 0.496. The number of hydrogen-bond donors (Lipinski definition) is 2. The number of amides is 2. The van der Waals surface area contributed by atoms with Gasteiger partial charge in [0.2, 0.25) is 5.91 Å². The van der Waals surface area contributed by atoms with E-state index in [1.807, 2.05) is 0 Å². The standard InChI is InChI=1S/C16H15N3O6S2/c1-8(15(22)23)17-13(20)9(2)18-14(21)12(27-16(18)26)7-10-3-5-11(6-4-10)19(24)25/h3-9H,1-2H3,(H,17,20)(H,22,23)/b12-7-. The first kappa shape index (κ1) is 20.5. The van der Waals surface area contributed by atoms with Gasteiger partial charge in [0, 0.05) is 12.1 Å². The smallest absolute Gasteiger partial charge is 0.325 e. The molecule has 1 aromatic rings. The molecule has 1 heterocycles. The Kier molecular flexibility index (Phi) is 6.28. The summed E-state index contributed by atoms with van der Waals surface area (Å²) in [6, 6.07) is 3.53. The number of carbonyl (C=O) groups is 3. The van der Waals surface area contributed by atoms with Crippen LogP contribution >= 0.6 is 24.0 Å². The van der Waals surface area contributed by atoms with Crippen molar-refractivity contribution in [2.24, 2.45) is 0 Å². The summed E-state index contributed by atoms with van der Waals surface area (Å²) >= 11 is 6.16. The van der Waals surface area contributed by atoms with E-state index in [0.29, 0.717) is 5.56 Å². The van der Waals surface area contributed by atoms with Crippen molar-refractivity contribution in [3.63, 3.8) is 0 Å². The van der Waals surface area contributed by atoms with E-state index in [0.717, 1.165) is 16.7 Å². The second-order valence-electron chi connectivity index (χ2n) is 5.64. The first-order chi connectivity index (χ1) is 12.6. The van der Waals surface area contributed by atoms with Crippen LogP contribution in [0.1, 0.15) is 19.4 Å². The Labute approximate surface area is 163 Å². The summed E-state index contributed by atoms with van der Waals surface area (Å²) < 4.78 is 0.166. The average Bonchev–Trinajstić information content (AvgIpc) is 2.88. The molecule has 1 fully saturated rings. The number of carboxylic acid groups (broad SMARTS) is 1. The molecule has 2 amide bonds. The van der Waals surface area contributed by atoms with E-state index in [9.17, 15) is 24.5 Å². The molecule has 9 nitrogen and oxygen atoms in total. The zero-order valence-electron chi connectivity index (χ0n) is 14.2. The molecule has 0 aliphatic carbocycles. The highest BCUT2D eigenvalue weighted by molar-refractivity contribution is 8.26. The Balaban J connectivity index is 2.17. The third kappa shape index (κ3) is 4.68. The number of thioether (sulfide) groups is 1. The molecule has 2 unspecified atom stereocenters. The fraction of sp³-hybridized carbons (Fsp3) is 0.250. The first-order valence-corrected chi connectivity index (χ1v) is 8.89. The molecule has 0 radical (unpaired) electrons. The molecule has 1 aliphatic heterocycles. The van der Waals surface area contributed by atoms with E-state index in [1.54, 1.807) is 0 Å². The van der Waals surface area contributed by atoms with Crippen molar-refractivity contribution in [3.8, 4) is 0 Å². The number of benzene rings is 1. The molecular weight excluding hydrogens is 394 g/mol. The van der Waals surface area contributed by atoms with Gasteiger partial charge in [0.15, 0.2) is 0 Å². The molecule has 0 bridgehead atoms. The largest absolute Gasteiger partial charge is 0.480 e. The van der Waals surface area contributed by atoms with E-state index in [1.165, 1.54) is 44.2 Å². The van der Waals surface area contributed by atoms with Gasteiger partial charge >= 0.3 is 5.97 Å². The number of nitrogens with zero attached hydrogens (tertiary/aromatic N) is 2. The van der Waals surface area contributed by atoms with Gasteiger partial charge < -0.3 is 10.4 Å². The normalized spacial score (nSPS) is 17.7. The molecule has 0 aromatic heterocycles. The number of carboxylic acids is 1. The number of hydrogen-bond acceptors (Lipinski definition) is 7. The topological polar surface area (TPSA) is 130 Å². The van der Waals surface area contributed by atoms with Crippen LogP contribution in [-0.4, -0.2) is 49.1 Å². The zero-order valence-corrected chi connectivity index (χ0v) is 15.9. The lowest BCUT2D eigenvalue weighted by atomic mass is 10.2. The third-order valence-electron chi connectivity index (χ3n) is 3.72. The van der Waals surface area contributed by atoms with E-state index in [4.69, 9.17) is 17.3 Å². The predicted octanol–water partition coefficient (Wildman–Crippen LogP) is 1.77. The number of aliphatic carboxylic acids is 1. The van der Waals surface area contributed by atoms with Crippen molar-refractivity contribution in [2.45, 2.75) is 25.9 Å². The quantitative estimate of drug-likeness (QED) is 0.315. The molecule has 142 valence electrons. The van der Waals surface area contributed by atoms with Gasteiger partial charge in [-0.15, -0.1) is 0 Å². The van der Waals surface area contributed by atoms with Gasteiger partial charge in [-0.1, -0.05) is 24.0 Å². The molecule has 27 heavy (non-hydrogen) atoms. The summed E-state index contributed by atoms with van der Waals surface area (Å²) in [5.74, 6) is -2.33. The molecule has 0 saturated carbocycles. The van der Waals surface area contributed by atoms with Crippen LogP contribution in [0.4, 0.5) is 5.69 Å². The molecule has 1 aromatic carbocycles. The molecule has 1 saturated heterocycles. The monoisotopic (exact) mass is 409 g/mol. The Morgan fingerprint density at radius 3 is 2.44 bits per heavy atom. The summed E-state index contributed by atoms with van der Waals surface area (Å²) in [6.07, 6.45) is 1.52. The number of nitrogens with one attached hydrogen (secondary N) is 1. The molecule has 2 atom stereocenters. The van der Waals surface area contributed by atoms with E-state index in [2.05, 4.69) is 5.32 Å². The molecule has 2 rings (SSSR count). The maximum atomic E-state index is 12.6. The third-order valence-corrected chi connectivity index (χ3v) is 5.05. The Hall–Kier alpha value is -2.79. The van der Waals surface area contributed by atoms with Crippen LogP contribution in [0.2, 0.25) is 0 Å². The maximum Gasteiger partial charge on any atom is 0.325 e. The van der Waals surface area contributed by atoms with Gasteiger partial charge in [0.1, 0.15) is 16.4 Å². The number of non-ortho nitro benzene ring substituents is 1. The number of thiocarbonyl (C=S) groups is 1. The van der Waals surface area contributed by atoms with Crippen molar-refractivity contribution in [1.82, 2.24) is 10.2 Å². The van der Waals surface area contributed by atoms with Gasteiger partial charge in [0.05, 0.1) is 9.83 Å². The van der Waals surface area contributed by atoms with E-state index >= 15 is 0 Å². The first-order valence-electron chi connectivity index (χ1n) is 7.66. The molecular formula is C16H15N3O6S2. The van der Waals surface area contributed by atoms with Gasteiger partial charge in [-0.2, -0.15) is 0 Å². The molecule has 0 spiro atoms. The van der Waals surface area contributed by atoms with E-state index < -0.39 is 34.8 Å². The van der Waals surface area contributed by atoms with Crippen LogP contribution in [0.25, 0.3) is 6.08 Å². The molecule has 11 heteroatoms. The summed E-state index contributed by atoms with van der Waals surface area (Å²) in [7, 11) is 0. The van der Waals surface area contributed by atoms with Crippen molar-refractivity contribution in [2.75, 3.05) is 0 Å². The second-order valence-corrected chi connectivity index (χ2v) is 7.32. The minimum atomic E-state index is -1.20. The van der Waals surface area contributed by atoms with Crippen molar-refractivity contribution >= 4 is 57.8 Å². The van der Waals surface area contributed by atoms with E-state index in [-0.39, 0.29) is 14.9 Å². The minimum absolute atomic E-state index is 0.0717. The number of carbonyl (C=O) groups excluding carboxylic acids is 2. The minimum Gasteiger partial charge on any atom is -0.480 e. The second kappa shape index (κ2) is 8.27. The summed E-state index contributed by atoms with van der Waals surface area (Å²) in [6.45, 7) is 2.76. The lowest BCUT2D eigenvalue weighted by molar-refractivity contribution is -0.384. The van der Waals surface area contributed by atoms with Crippen LogP contribution in [0, 0.1) is 10.1 Å². The zero-order chi connectivity index (χ0) is 20.3. The highest BCUT2D eigenvalue weighted by Gasteiger charge is 2.38. The van der Waals surface area contributed by atoms with Crippen LogP contribution in [-0.2, 0) is 14.4 Å². The van der Waals surface area contributed by atoms with Crippen LogP contribution < -0.4 is 5.32 Å².